The molecule has 0 unspecified atom stereocenters. The van der Waals surface area contributed by atoms with Crippen LogP contribution in [0.25, 0.3) is 0 Å². The van der Waals surface area contributed by atoms with Gasteiger partial charge in [-0.15, -0.1) is 6.42 Å². The Hall–Kier alpha value is -1.73. The van der Waals surface area contributed by atoms with Crippen LogP contribution >= 0.6 is 0 Å². The molecule has 0 fully saturated rings. The Morgan fingerprint density at radius 3 is 2.87 bits per heavy atom. The summed E-state index contributed by atoms with van der Waals surface area (Å²) < 4.78 is 25.8. The molecule has 0 aliphatic carbocycles. The highest BCUT2D eigenvalue weighted by molar-refractivity contribution is 5.97. The largest absolute Gasteiger partial charge is 0.299 e. The summed E-state index contributed by atoms with van der Waals surface area (Å²) in [6.07, 6.45) is 4.95. The number of benzene rings is 1. The van der Waals surface area contributed by atoms with Crippen LogP contribution in [0.4, 0.5) is 8.78 Å². The molecule has 0 heterocycles. The number of halogens is 2. The molecule has 0 bridgehead atoms. The lowest BCUT2D eigenvalue weighted by Gasteiger charge is -2.02. The summed E-state index contributed by atoms with van der Waals surface area (Å²) >= 11 is 0. The lowest BCUT2D eigenvalue weighted by Crippen LogP contribution is -2.24. The fraction of sp³-hybridized carbons (Fsp3) is 0.182. The van der Waals surface area contributed by atoms with E-state index in [0.717, 1.165) is 18.2 Å². The van der Waals surface area contributed by atoms with Crippen LogP contribution in [0.1, 0.15) is 10.4 Å². The minimum atomic E-state index is -0.732. The van der Waals surface area contributed by atoms with Gasteiger partial charge in [-0.2, -0.15) is 0 Å². The molecule has 1 aromatic rings. The SMILES string of the molecule is C#CCNCC(=O)c1cc(F)ccc1F. The predicted octanol–water partition coefficient (Wildman–Crippen LogP) is 1.37. The quantitative estimate of drug-likeness (QED) is 0.461. The van der Waals surface area contributed by atoms with Crippen LogP contribution in [0.3, 0.4) is 0 Å². The first kappa shape index (κ1) is 11.3. The van der Waals surface area contributed by atoms with Crippen molar-refractivity contribution in [2.75, 3.05) is 13.1 Å². The number of terminal acetylenes is 1. The van der Waals surface area contributed by atoms with Crippen LogP contribution in [0.2, 0.25) is 0 Å². The first-order chi connectivity index (χ1) is 7.15. The molecule has 1 rings (SSSR count). The summed E-state index contributed by atoms with van der Waals surface area (Å²) in [4.78, 5) is 11.4. The molecule has 0 atom stereocenters. The van der Waals surface area contributed by atoms with Gasteiger partial charge in [0.1, 0.15) is 11.6 Å². The second kappa shape index (κ2) is 5.23. The van der Waals surface area contributed by atoms with Crippen molar-refractivity contribution in [2.45, 2.75) is 0 Å². The number of hydrogen-bond donors (Lipinski definition) is 1. The smallest absolute Gasteiger partial charge is 0.179 e. The fourth-order valence-electron chi connectivity index (χ4n) is 1.05. The van der Waals surface area contributed by atoms with Crippen LogP contribution in [-0.2, 0) is 0 Å². The topological polar surface area (TPSA) is 29.1 Å². The van der Waals surface area contributed by atoms with E-state index in [2.05, 4.69) is 11.2 Å². The third-order valence-corrected chi connectivity index (χ3v) is 1.74. The molecule has 0 aliphatic heterocycles. The maximum atomic E-state index is 13.1. The number of carbonyl (C=O) groups excluding carboxylic acids is 1. The van der Waals surface area contributed by atoms with Crippen molar-refractivity contribution in [3.05, 3.63) is 35.4 Å². The highest BCUT2D eigenvalue weighted by atomic mass is 19.1. The van der Waals surface area contributed by atoms with E-state index in [-0.39, 0.29) is 18.7 Å². The molecular formula is C11H9F2NO. The van der Waals surface area contributed by atoms with Gasteiger partial charge in [-0.1, -0.05) is 5.92 Å². The second-order valence-electron chi connectivity index (χ2n) is 2.86. The molecule has 0 amide bonds. The number of nitrogens with one attached hydrogen (secondary N) is 1. The lowest BCUT2D eigenvalue weighted by atomic mass is 10.1. The second-order valence-corrected chi connectivity index (χ2v) is 2.86. The Balaban J connectivity index is 2.73. The maximum Gasteiger partial charge on any atom is 0.179 e. The molecule has 15 heavy (non-hydrogen) atoms. The lowest BCUT2D eigenvalue weighted by molar-refractivity contribution is 0.0988. The summed E-state index contributed by atoms with van der Waals surface area (Å²) in [6.45, 7) is 0.104. The molecule has 0 saturated carbocycles. The highest BCUT2D eigenvalue weighted by Crippen LogP contribution is 2.09. The molecule has 0 aromatic heterocycles. The van der Waals surface area contributed by atoms with E-state index in [1.807, 2.05) is 0 Å². The summed E-state index contributed by atoms with van der Waals surface area (Å²) in [7, 11) is 0. The van der Waals surface area contributed by atoms with Crippen molar-refractivity contribution in [3.8, 4) is 12.3 Å². The van der Waals surface area contributed by atoms with Crippen molar-refractivity contribution in [2.24, 2.45) is 0 Å². The Kier molecular flexibility index (Phi) is 3.95. The van der Waals surface area contributed by atoms with Gasteiger partial charge in [-0.3, -0.25) is 10.1 Å². The minimum absolute atomic E-state index is 0.107. The average Bonchev–Trinajstić information content (AvgIpc) is 2.22. The van der Waals surface area contributed by atoms with Gasteiger partial charge in [0.15, 0.2) is 5.78 Å². The molecule has 4 heteroatoms. The molecule has 0 saturated heterocycles. The molecule has 1 N–H and O–H groups in total. The maximum absolute atomic E-state index is 13.1. The summed E-state index contributed by atoms with van der Waals surface area (Å²) in [5.74, 6) is 0.369. The normalized spacial score (nSPS) is 9.67. The third kappa shape index (κ3) is 3.15. The monoisotopic (exact) mass is 209 g/mol. The Bertz CT molecular complexity index is 410. The molecule has 0 aliphatic rings. The molecule has 0 radical (unpaired) electrons. The summed E-state index contributed by atoms with van der Waals surface area (Å²) in [5, 5.41) is 2.61. The standard InChI is InChI=1S/C11H9F2NO/c1-2-5-14-7-11(15)9-6-8(12)3-4-10(9)13/h1,3-4,6,14H,5,7H2. The van der Waals surface area contributed by atoms with Crippen LogP contribution in [-0.4, -0.2) is 18.9 Å². The molecule has 1 aromatic carbocycles. The molecule has 0 spiro atoms. The van der Waals surface area contributed by atoms with Gasteiger partial charge in [0, 0.05) is 0 Å². The van der Waals surface area contributed by atoms with Crippen LogP contribution in [0, 0.1) is 24.0 Å². The van der Waals surface area contributed by atoms with Gasteiger partial charge < -0.3 is 0 Å². The van der Waals surface area contributed by atoms with E-state index < -0.39 is 17.4 Å². The number of Topliss-reactive ketones (excluding diaryl/α,β-unsaturated/α-hetero) is 1. The summed E-state index contributed by atoms with van der Waals surface area (Å²) in [6, 6.07) is 2.75. The van der Waals surface area contributed by atoms with Crippen molar-refractivity contribution < 1.29 is 13.6 Å². The zero-order valence-electron chi connectivity index (χ0n) is 7.89. The summed E-state index contributed by atoms with van der Waals surface area (Å²) in [5.41, 5.74) is -0.264. The van der Waals surface area contributed by atoms with Gasteiger partial charge in [-0.25, -0.2) is 8.78 Å². The average molecular weight is 209 g/mol. The van der Waals surface area contributed by atoms with Crippen molar-refractivity contribution in [1.82, 2.24) is 5.32 Å². The Labute approximate surface area is 86.3 Å². The first-order valence-electron chi connectivity index (χ1n) is 4.27. The third-order valence-electron chi connectivity index (χ3n) is 1.74. The van der Waals surface area contributed by atoms with Crippen LogP contribution in [0.5, 0.6) is 0 Å². The van der Waals surface area contributed by atoms with E-state index in [0.29, 0.717) is 0 Å². The highest BCUT2D eigenvalue weighted by Gasteiger charge is 2.11. The molecular weight excluding hydrogens is 200 g/mol. The van der Waals surface area contributed by atoms with E-state index in [9.17, 15) is 13.6 Å². The Morgan fingerprint density at radius 2 is 2.20 bits per heavy atom. The first-order valence-corrected chi connectivity index (χ1v) is 4.27. The van der Waals surface area contributed by atoms with Crippen molar-refractivity contribution in [1.29, 1.82) is 0 Å². The zero-order chi connectivity index (χ0) is 11.3. The predicted molar refractivity (Wildman–Crippen MR) is 52.4 cm³/mol. The van der Waals surface area contributed by atoms with Gasteiger partial charge in [0.2, 0.25) is 0 Å². The fourth-order valence-corrected chi connectivity index (χ4v) is 1.05. The van der Waals surface area contributed by atoms with Crippen LogP contribution < -0.4 is 5.32 Å². The number of hydrogen-bond acceptors (Lipinski definition) is 2. The van der Waals surface area contributed by atoms with E-state index in [4.69, 9.17) is 6.42 Å². The van der Waals surface area contributed by atoms with Gasteiger partial charge in [0.25, 0.3) is 0 Å². The number of ketones is 1. The van der Waals surface area contributed by atoms with Gasteiger partial charge in [-0.05, 0) is 18.2 Å². The molecule has 2 nitrogen and oxygen atoms in total. The van der Waals surface area contributed by atoms with Crippen LogP contribution in [0.15, 0.2) is 18.2 Å². The van der Waals surface area contributed by atoms with Crippen molar-refractivity contribution >= 4 is 5.78 Å². The minimum Gasteiger partial charge on any atom is -0.299 e. The van der Waals surface area contributed by atoms with E-state index in [1.165, 1.54) is 0 Å². The molecule has 78 valence electrons. The zero-order valence-corrected chi connectivity index (χ0v) is 7.89. The van der Waals surface area contributed by atoms with Gasteiger partial charge >= 0.3 is 0 Å². The van der Waals surface area contributed by atoms with E-state index in [1.54, 1.807) is 0 Å². The number of rotatable bonds is 4. The number of carbonyl (C=O) groups is 1. The van der Waals surface area contributed by atoms with E-state index >= 15 is 0 Å². The van der Waals surface area contributed by atoms with Crippen molar-refractivity contribution in [3.63, 3.8) is 0 Å². The van der Waals surface area contributed by atoms with Gasteiger partial charge in [0.05, 0.1) is 18.7 Å². The Morgan fingerprint density at radius 1 is 1.47 bits per heavy atom.